The van der Waals surface area contributed by atoms with Gasteiger partial charge in [-0.05, 0) is 47.0 Å². The number of fused-ring (bicyclic) bond motifs is 1. The van der Waals surface area contributed by atoms with E-state index in [0.29, 0.717) is 12.1 Å². The van der Waals surface area contributed by atoms with Crippen LogP contribution >= 0.6 is 0 Å². The minimum absolute atomic E-state index is 0.547. The van der Waals surface area contributed by atoms with Gasteiger partial charge < -0.3 is 0 Å². The van der Waals surface area contributed by atoms with Crippen LogP contribution in [0.2, 0.25) is 0 Å². The predicted molar refractivity (Wildman–Crippen MR) is 89.9 cm³/mol. The van der Waals surface area contributed by atoms with Gasteiger partial charge in [0.05, 0.1) is 18.2 Å². The number of benzene rings is 2. The largest absolute Gasteiger partial charge is 0.235 e. The molecule has 0 bridgehead atoms. The number of nitrogens with zero attached hydrogens (tertiary/aromatic N) is 5. The lowest BCUT2D eigenvalue weighted by molar-refractivity contribution is 0.664. The molecule has 0 atom stereocenters. The minimum Gasteiger partial charge on any atom is -0.235 e. The van der Waals surface area contributed by atoms with Gasteiger partial charge in [-0.15, -0.1) is 5.10 Å². The van der Waals surface area contributed by atoms with E-state index in [2.05, 4.69) is 27.4 Å². The molecule has 5 heteroatoms. The highest BCUT2D eigenvalue weighted by atomic mass is 15.4. The van der Waals surface area contributed by atoms with Gasteiger partial charge in [-0.25, -0.2) is 9.67 Å². The summed E-state index contributed by atoms with van der Waals surface area (Å²) in [6.45, 7) is 0.547. The smallest absolute Gasteiger partial charge is 0.178 e. The lowest BCUT2D eigenvalue weighted by Gasteiger charge is -2.08. The van der Waals surface area contributed by atoms with E-state index in [1.807, 2.05) is 54.6 Å². The van der Waals surface area contributed by atoms with E-state index in [-0.39, 0.29) is 0 Å². The van der Waals surface area contributed by atoms with E-state index < -0.39 is 0 Å². The number of hydrogen-bond acceptors (Lipinski definition) is 4. The van der Waals surface area contributed by atoms with E-state index in [1.165, 1.54) is 0 Å². The highest BCUT2D eigenvalue weighted by Crippen LogP contribution is 2.25. The normalized spacial score (nSPS) is 10.6. The number of hydrogen-bond donors (Lipinski definition) is 0. The Hall–Kier alpha value is -3.52. The molecule has 0 N–H and O–H groups in total. The summed E-state index contributed by atoms with van der Waals surface area (Å²) >= 11 is 0. The van der Waals surface area contributed by atoms with Crippen LogP contribution in [0.4, 0.5) is 0 Å². The Bertz CT molecular complexity index is 1040. The molecule has 0 fully saturated rings. The lowest BCUT2D eigenvalue weighted by Crippen LogP contribution is -2.03. The molecular weight excluding hydrogens is 298 g/mol. The van der Waals surface area contributed by atoms with Gasteiger partial charge in [-0.1, -0.05) is 35.5 Å². The summed E-state index contributed by atoms with van der Waals surface area (Å²) in [6, 6.07) is 22.4. The van der Waals surface area contributed by atoms with Crippen molar-refractivity contribution in [3.63, 3.8) is 0 Å². The zero-order chi connectivity index (χ0) is 16.4. The molecule has 113 valence electrons. The molecule has 1 radical (unpaired) electrons. The fraction of sp³-hybridized carbons (Fsp3) is 0.0526. The van der Waals surface area contributed by atoms with Crippen molar-refractivity contribution in [1.82, 2.24) is 20.0 Å². The molecule has 4 aromatic rings. The first kappa shape index (κ1) is 14.1. The summed E-state index contributed by atoms with van der Waals surface area (Å²) in [5, 5.41) is 17.7. The molecule has 0 unspecified atom stereocenters. The Labute approximate surface area is 138 Å². The van der Waals surface area contributed by atoms with Crippen LogP contribution in [0, 0.1) is 17.4 Å². The Morgan fingerprint density at radius 2 is 2.00 bits per heavy atom. The topological polar surface area (TPSA) is 67.4 Å². The van der Waals surface area contributed by atoms with Crippen molar-refractivity contribution in [3.05, 3.63) is 78.0 Å². The zero-order valence-corrected chi connectivity index (χ0v) is 12.7. The SMILES string of the molecule is N#Cc1ccc(Cn2nnc3cccnc32)cc1-c1cc[c]cc1. The van der Waals surface area contributed by atoms with Crippen LogP contribution in [0.3, 0.4) is 0 Å². The van der Waals surface area contributed by atoms with Gasteiger partial charge in [0.1, 0.15) is 5.52 Å². The summed E-state index contributed by atoms with van der Waals surface area (Å²) in [7, 11) is 0. The molecule has 0 aliphatic heterocycles. The van der Waals surface area contributed by atoms with Gasteiger partial charge in [0, 0.05) is 6.20 Å². The molecule has 0 spiro atoms. The third-order valence-electron chi connectivity index (χ3n) is 3.84. The molecule has 0 saturated heterocycles. The highest BCUT2D eigenvalue weighted by Gasteiger charge is 2.09. The van der Waals surface area contributed by atoms with Crippen molar-refractivity contribution in [2.75, 3.05) is 0 Å². The van der Waals surface area contributed by atoms with Crippen LogP contribution in [0.5, 0.6) is 0 Å². The molecule has 0 aliphatic rings. The van der Waals surface area contributed by atoms with Gasteiger partial charge in [-0.3, -0.25) is 0 Å². The second-order valence-corrected chi connectivity index (χ2v) is 5.37. The van der Waals surface area contributed by atoms with Gasteiger partial charge in [0.2, 0.25) is 0 Å². The number of nitriles is 1. The maximum absolute atomic E-state index is 9.37. The fourth-order valence-corrected chi connectivity index (χ4v) is 2.68. The minimum atomic E-state index is 0.547. The van der Waals surface area contributed by atoms with Gasteiger partial charge in [0.25, 0.3) is 0 Å². The molecule has 0 saturated carbocycles. The zero-order valence-electron chi connectivity index (χ0n) is 12.7. The van der Waals surface area contributed by atoms with Crippen LogP contribution in [0.15, 0.2) is 60.8 Å². The average molecular weight is 310 g/mol. The van der Waals surface area contributed by atoms with E-state index in [0.717, 1.165) is 27.9 Å². The van der Waals surface area contributed by atoms with Gasteiger partial charge in [0.15, 0.2) is 5.65 Å². The molecule has 24 heavy (non-hydrogen) atoms. The summed E-state index contributed by atoms with van der Waals surface area (Å²) in [5.41, 5.74) is 5.10. The number of pyridine rings is 1. The predicted octanol–water partition coefficient (Wildman–Crippen LogP) is 3.21. The van der Waals surface area contributed by atoms with E-state index in [9.17, 15) is 5.26 Å². The molecule has 0 aliphatic carbocycles. The summed E-state index contributed by atoms with van der Waals surface area (Å²) in [6.07, 6.45) is 1.73. The summed E-state index contributed by atoms with van der Waals surface area (Å²) in [4.78, 5) is 4.33. The van der Waals surface area contributed by atoms with Gasteiger partial charge >= 0.3 is 0 Å². The summed E-state index contributed by atoms with van der Waals surface area (Å²) in [5.74, 6) is 0. The maximum Gasteiger partial charge on any atom is 0.178 e. The Balaban J connectivity index is 1.76. The van der Waals surface area contributed by atoms with Crippen molar-refractivity contribution in [1.29, 1.82) is 5.26 Å². The molecule has 2 aromatic carbocycles. The molecule has 2 heterocycles. The first-order valence-electron chi connectivity index (χ1n) is 7.49. The van der Waals surface area contributed by atoms with E-state index in [4.69, 9.17) is 0 Å². The number of rotatable bonds is 3. The Kier molecular flexibility index (Phi) is 3.49. The third-order valence-corrected chi connectivity index (χ3v) is 3.84. The maximum atomic E-state index is 9.37. The Morgan fingerprint density at radius 3 is 2.83 bits per heavy atom. The highest BCUT2D eigenvalue weighted by molar-refractivity contribution is 5.71. The van der Waals surface area contributed by atoms with Gasteiger partial charge in [-0.2, -0.15) is 5.26 Å². The van der Waals surface area contributed by atoms with E-state index >= 15 is 0 Å². The molecule has 2 aromatic heterocycles. The van der Waals surface area contributed by atoms with Crippen molar-refractivity contribution in [2.45, 2.75) is 6.54 Å². The Morgan fingerprint density at radius 1 is 1.12 bits per heavy atom. The second kappa shape index (κ2) is 5.94. The second-order valence-electron chi connectivity index (χ2n) is 5.37. The van der Waals surface area contributed by atoms with E-state index in [1.54, 1.807) is 10.9 Å². The van der Waals surface area contributed by atoms with Crippen LogP contribution in [0.25, 0.3) is 22.3 Å². The van der Waals surface area contributed by atoms with Crippen LogP contribution in [-0.4, -0.2) is 20.0 Å². The standard InChI is InChI=1S/C19H12N5/c20-12-16-9-8-14(11-17(16)15-5-2-1-3-6-15)13-24-19-18(22-23-24)7-4-10-21-19/h2-11H,13H2. The quantitative estimate of drug-likeness (QED) is 0.582. The molecule has 0 amide bonds. The monoisotopic (exact) mass is 310 g/mol. The number of aromatic nitrogens is 4. The molecule has 4 rings (SSSR count). The van der Waals surface area contributed by atoms with Crippen molar-refractivity contribution in [3.8, 4) is 17.2 Å². The molecule has 5 nitrogen and oxygen atoms in total. The average Bonchev–Trinajstić information content (AvgIpc) is 3.05. The van der Waals surface area contributed by atoms with Crippen LogP contribution < -0.4 is 0 Å². The molecular formula is C19H12N5. The van der Waals surface area contributed by atoms with Crippen molar-refractivity contribution < 1.29 is 0 Å². The first-order chi connectivity index (χ1) is 11.8. The van der Waals surface area contributed by atoms with Crippen LogP contribution in [0.1, 0.15) is 11.1 Å². The van der Waals surface area contributed by atoms with Crippen LogP contribution in [-0.2, 0) is 6.54 Å². The van der Waals surface area contributed by atoms with Crippen molar-refractivity contribution in [2.24, 2.45) is 0 Å². The van der Waals surface area contributed by atoms with Crippen molar-refractivity contribution >= 4 is 11.2 Å². The lowest BCUT2D eigenvalue weighted by atomic mass is 9.98. The summed E-state index contributed by atoms with van der Waals surface area (Å²) < 4.78 is 1.76. The first-order valence-corrected chi connectivity index (χ1v) is 7.49. The third kappa shape index (κ3) is 2.50. The fourth-order valence-electron chi connectivity index (χ4n) is 2.68.